The average Bonchev–Trinajstić information content (AvgIpc) is 3.08. The Kier molecular flexibility index (Phi) is 6.47. The van der Waals surface area contributed by atoms with Crippen molar-refractivity contribution in [2.45, 2.75) is 19.4 Å². The number of carbonyl (C=O) groups excluding carboxylic acids is 1. The van der Waals surface area contributed by atoms with Crippen LogP contribution < -0.4 is 10.1 Å². The van der Waals surface area contributed by atoms with Gasteiger partial charge in [-0.2, -0.15) is 5.10 Å². The predicted molar refractivity (Wildman–Crippen MR) is 105 cm³/mol. The van der Waals surface area contributed by atoms with Crippen molar-refractivity contribution in [3.05, 3.63) is 42.2 Å². The topological polar surface area (TPSA) is 62.6 Å². The summed E-state index contributed by atoms with van der Waals surface area (Å²) in [5.74, 6) is 0.843. The van der Waals surface area contributed by atoms with E-state index < -0.39 is 0 Å². The van der Waals surface area contributed by atoms with Gasteiger partial charge in [0.25, 0.3) is 0 Å². The molecule has 7 heteroatoms. The summed E-state index contributed by atoms with van der Waals surface area (Å²) in [7, 11) is 3.78. The zero-order chi connectivity index (χ0) is 19.2. The minimum absolute atomic E-state index is 0.0567. The van der Waals surface area contributed by atoms with Gasteiger partial charge in [-0.1, -0.05) is 6.07 Å². The number of methoxy groups -OCH3 is 1. The molecule has 1 aromatic carbocycles. The Balaban J connectivity index is 1.57. The van der Waals surface area contributed by atoms with Crippen LogP contribution in [0.4, 0.5) is 0 Å². The van der Waals surface area contributed by atoms with Gasteiger partial charge in [-0.25, -0.2) is 4.68 Å². The van der Waals surface area contributed by atoms with Gasteiger partial charge in [0, 0.05) is 30.9 Å². The molecule has 1 N–H and O–H groups in total. The van der Waals surface area contributed by atoms with Crippen LogP contribution in [-0.4, -0.2) is 72.4 Å². The number of carbonyl (C=O) groups is 1. The molecule has 1 fully saturated rings. The van der Waals surface area contributed by atoms with Crippen molar-refractivity contribution in [1.82, 2.24) is 24.9 Å². The Morgan fingerprint density at radius 1 is 1.30 bits per heavy atom. The van der Waals surface area contributed by atoms with E-state index >= 15 is 0 Å². The summed E-state index contributed by atoms with van der Waals surface area (Å²) in [6.45, 7) is 6.45. The van der Waals surface area contributed by atoms with Gasteiger partial charge in [-0.15, -0.1) is 0 Å². The summed E-state index contributed by atoms with van der Waals surface area (Å²) in [6.07, 6.45) is 4.85. The van der Waals surface area contributed by atoms with Gasteiger partial charge in [-0.3, -0.25) is 9.69 Å². The van der Waals surface area contributed by atoms with Crippen molar-refractivity contribution >= 4 is 5.91 Å². The normalized spacial score (nSPS) is 17.3. The van der Waals surface area contributed by atoms with Gasteiger partial charge in [0.05, 0.1) is 31.6 Å². The van der Waals surface area contributed by atoms with Crippen LogP contribution in [0.25, 0.3) is 5.69 Å². The maximum Gasteiger partial charge on any atom is 0.234 e. The van der Waals surface area contributed by atoms with Crippen LogP contribution in [0.3, 0.4) is 0 Å². The first kappa shape index (κ1) is 19.4. The van der Waals surface area contributed by atoms with Crippen LogP contribution in [0.5, 0.6) is 5.75 Å². The molecule has 0 radical (unpaired) electrons. The minimum Gasteiger partial charge on any atom is -0.497 e. The van der Waals surface area contributed by atoms with Crippen molar-refractivity contribution in [3.63, 3.8) is 0 Å². The molecule has 1 aliphatic rings. The molecule has 1 saturated heterocycles. The first-order chi connectivity index (χ1) is 13.0. The van der Waals surface area contributed by atoms with Crippen LogP contribution >= 0.6 is 0 Å². The number of amides is 1. The van der Waals surface area contributed by atoms with Crippen molar-refractivity contribution < 1.29 is 9.53 Å². The third-order valence-corrected chi connectivity index (χ3v) is 4.98. The lowest BCUT2D eigenvalue weighted by molar-refractivity contribution is -0.122. The number of nitrogens with one attached hydrogen (secondary N) is 1. The summed E-state index contributed by atoms with van der Waals surface area (Å²) in [4.78, 5) is 17.0. The van der Waals surface area contributed by atoms with Crippen molar-refractivity contribution in [2.75, 3.05) is 46.9 Å². The zero-order valence-electron chi connectivity index (χ0n) is 16.4. The third-order valence-electron chi connectivity index (χ3n) is 4.98. The number of ether oxygens (including phenoxy) is 1. The summed E-state index contributed by atoms with van der Waals surface area (Å²) < 4.78 is 7.06. The Morgan fingerprint density at radius 3 is 2.96 bits per heavy atom. The highest BCUT2D eigenvalue weighted by Crippen LogP contribution is 2.18. The highest BCUT2D eigenvalue weighted by atomic mass is 16.5. The van der Waals surface area contributed by atoms with E-state index in [1.165, 1.54) is 0 Å². The van der Waals surface area contributed by atoms with E-state index in [-0.39, 0.29) is 11.9 Å². The lowest BCUT2D eigenvalue weighted by Crippen LogP contribution is -2.39. The summed E-state index contributed by atoms with van der Waals surface area (Å²) in [6, 6.07) is 7.64. The van der Waals surface area contributed by atoms with Crippen molar-refractivity contribution in [3.8, 4) is 11.4 Å². The van der Waals surface area contributed by atoms with E-state index in [1.807, 2.05) is 37.4 Å². The largest absolute Gasteiger partial charge is 0.497 e. The second-order valence-electron chi connectivity index (χ2n) is 7.14. The fourth-order valence-electron chi connectivity index (χ4n) is 3.29. The molecule has 1 atom stereocenters. The second-order valence-corrected chi connectivity index (χ2v) is 7.14. The second kappa shape index (κ2) is 9.01. The third kappa shape index (κ3) is 5.30. The Bertz CT molecular complexity index is 760. The van der Waals surface area contributed by atoms with Crippen LogP contribution in [0.15, 0.2) is 36.7 Å². The van der Waals surface area contributed by atoms with Gasteiger partial charge < -0.3 is 15.0 Å². The fourth-order valence-corrected chi connectivity index (χ4v) is 3.29. The predicted octanol–water partition coefficient (Wildman–Crippen LogP) is 1.70. The van der Waals surface area contributed by atoms with E-state index in [4.69, 9.17) is 4.74 Å². The van der Waals surface area contributed by atoms with Gasteiger partial charge in [0.1, 0.15) is 5.75 Å². The Hall–Kier alpha value is -2.38. The molecule has 0 aliphatic carbocycles. The Morgan fingerprint density at radius 2 is 2.15 bits per heavy atom. The van der Waals surface area contributed by atoms with Gasteiger partial charge in [0.2, 0.25) is 5.91 Å². The summed E-state index contributed by atoms with van der Waals surface area (Å²) in [5.41, 5.74) is 1.90. The number of nitrogens with zero attached hydrogens (tertiary/aromatic N) is 4. The van der Waals surface area contributed by atoms with Crippen LogP contribution in [0.1, 0.15) is 24.9 Å². The molecule has 27 heavy (non-hydrogen) atoms. The lowest BCUT2D eigenvalue weighted by Gasteiger charge is -2.21. The molecule has 7 nitrogen and oxygen atoms in total. The molecule has 0 bridgehead atoms. The van der Waals surface area contributed by atoms with Crippen molar-refractivity contribution in [2.24, 2.45) is 0 Å². The lowest BCUT2D eigenvalue weighted by atomic mass is 10.2. The molecular formula is C20H29N5O2. The first-order valence-electron chi connectivity index (χ1n) is 9.44. The molecule has 2 aromatic rings. The average molecular weight is 371 g/mol. The van der Waals surface area contributed by atoms with Gasteiger partial charge in [0.15, 0.2) is 0 Å². The number of hydrogen-bond acceptors (Lipinski definition) is 5. The van der Waals surface area contributed by atoms with E-state index in [0.717, 1.165) is 49.6 Å². The molecule has 0 spiro atoms. The molecule has 1 aliphatic heterocycles. The van der Waals surface area contributed by atoms with Crippen LogP contribution in [0, 0.1) is 0 Å². The number of rotatable bonds is 6. The SMILES string of the molecule is COc1cccc(-n2cc([C@H](C)NC(=O)CN3CCCN(C)CC3)cn2)c1. The highest BCUT2D eigenvalue weighted by molar-refractivity contribution is 5.78. The van der Waals surface area contributed by atoms with Crippen molar-refractivity contribution in [1.29, 1.82) is 0 Å². The molecule has 1 amide bonds. The molecule has 1 aromatic heterocycles. The van der Waals surface area contributed by atoms with E-state index in [9.17, 15) is 4.79 Å². The number of likely N-dealkylation sites (N-methyl/N-ethyl adjacent to an activating group) is 1. The number of hydrogen-bond donors (Lipinski definition) is 1. The number of benzene rings is 1. The standard InChI is InChI=1S/C20H29N5O2/c1-16(22-20(26)15-24-9-5-8-23(2)10-11-24)17-13-21-25(14-17)18-6-4-7-19(12-18)27-3/h4,6-7,12-14,16H,5,8-11,15H2,1-3H3,(H,22,26)/t16-/m0/s1. The summed E-state index contributed by atoms with van der Waals surface area (Å²) >= 11 is 0. The van der Waals surface area contributed by atoms with Crippen LogP contribution in [0.2, 0.25) is 0 Å². The maximum atomic E-state index is 12.4. The molecule has 2 heterocycles. The highest BCUT2D eigenvalue weighted by Gasteiger charge is 2.17. The van der Waals surface area contributed by atoms with Gasteiger partial charge in [-0.05, 0) is 45.6 Å². The summed E-state index contributed by atoms with van der Waals surface area (Å²) in [5, 5.41) is 7.51. The zero-order valence-corrected chi connectivity index (χ0v) is 16.4. The molecule has 0 unspecified atom stereocenters. The molecular weight excluding hydrogens is 342 g/mol. The first-order valence-corrected chi connectivity index (χ1v) is 9.44. The monoisotopic (exact) mass is 371 g/mol. The molecule has 146 valence electrons. The van der Waals surface area contributed by atoms with E-state index in [0.29, 0.717) is 6.54 Å². The minimum atomic E-state index is -0.0912. The quantitative estimate of drug-likeness (QED) is 0.837. The van der Waals surface area contributed by atoms with Gasteiger partial charge >= 0.3 is 0 Å². The molecule has 3 rings (SSSR count). The fraction of sp³-hybridized carbons (Fsp3) is 0.500. The van der Waals surface area contributed by atoms with E-state index in [1.54, 1.807) is 18.0 Å². The maximum absolute atomic E-state index is 12.4. The van der Waals surface area contributed by atoms with E-state index in [2.05, 4.69) is 27.3 Å². The van der Waals surface area contributed by atoms with Crippen LogP contribution in [-0.2, 0) is 4.79 Å². The number of aromatic nitrogens is 2. The smallest absolute Gasteiger partial charge is 0.234 e. The Labute approximate surface area is 160 Å². The molecule has 0 saturated carbocycles.